The van der Waals surface area contributed by atoms with E-state index >= 15 is 0 Å². The summed E-state index contributed by atoms with van der Waals surface area (Å²) in [4.78, 5) is 1.43. The molecular formula is C16H25NS. The minimum atomic E-state index is 0.524. The number of nitrogens with one attached hydrogen (secondary N) is 1. The monoisotopic (exact) mass is 263 g/mol. The number of thioether (sulfide) groups is 1. The molecule has 1 aliphatic rings. The van der Waals surface area contributed by atoms with Gasteiger partial charge in [-0.3, -0.25) is 0 Å². The summed E-state index contributed by atoms with van der Waals surface area (Å²) in [6.07, 6.45) is 7.73. The van der Waals surface area contributed by atoms with E-state index < -0.39 is 0 Å². The van der Waals surface area contributed by atoms with Crippen molar-refractivity contribution in [2.45, 2.75) is 43.5 Å². The molecule has 0 spiro atoms. The highest BCUT2D eigenvalue weighted by atomic mass is 32.2. The molecule has 0 amide bonds. The molecule has 1 fully saturated rings. The van der Waals surface area contributed by atoms with E-state index in [0.29, 0.717) is 6.04 Å². The molecular weight excluding hydrogens is 238 g/mol. The fourth-order valence-electron chi connectivity index (χ4n) is 3.35. The molecule has 18 heavy (non-hydrogen) atoms. The van der Waals surface area contributed by atoms with Crippen LogP contribution in [0.15, 0.2) is 29.2 Å². The summed E-state index contributed by atoms with van der Waals surface area (Å²) in [7, 11) is 2.11. The van der Waals surface area contributed by atoms with Gasteiger partial charge in [0.1, 0.15) is 0 Å². The summed E-state index contributed by atoms with van der Waals surface area (Å²) in [5.74, 6) is 1.69. The number of rotatable bonds is 4. The Balaban J connectivity index is 2.21. The highest BCUT2D eigenvalue weighted by Crippen LogP contribution is 2.39. The maximum Gasteiger partial charge on any atom is 0.0357 e. The summed E-state index contributed by atoms with van der Waals surface area (Å²) in [5.41, 5.74) is 1.49. The molecule has 1 aliphatic carbocycles. The molecule has 2 rings (SSSR count). The summed E-state index contributed by atoms with van der Waals surface area (Å²) in [6.45, 7) is 2.40. The Hall–Kier alpha value is -0.470. The zero-order chi connectivity index (χ0) is 13.0. The molecule has 3 unspecified atom stereocenters. The lowest BCUT2D eigenvalue weighted by atomic mass is 9.77. The van der Waals surface area contributed by atoms with Gasteiger partial charge < -0.3 is 5.32 Å². The normalized spacial score (nSPS) is 25.9. The third kappa shape index (κ3) is 3.10. The maximum atomic E-state index is 3.57. The van der Waals surface area contributed by atoms with Crippen LogP contribution in [-0.2, 0) is 0 Å². The van der Waals surface area contributed by atoms with Crippen LogP contribution < -0.4 is 5.32 Å². The second-order valence-electron chi connectivity index (χ2n) is 5.54. The van der Waals surface area contributed by atoms with Gasteiger partial charge in [0.2, 0.25) is 0 Å². The molecule has 100 valence electrons. The Kier molecular flexibility index (Phi) is 5.13. The van der Waals surface area contributed by atoms with E-state index in [0.717, 1.165) is 11.8 Å². The average molecular weight is 263 g/mol. The molecule has 1 aromatic carbocycles. The van der Waals surface area contributed by atoms with Gasteiger partial charge >= 0.3 is 0 Å². The third-order valence-corrected chi connectivity index (χ3v) is 5.04. The van der Waals surface area contributed by atoms with E-state index in [1.54, 1.807) is 0 Å². The van der Waals surface area contributed by atoms with Gasteiger partial charge in [-0.1, -0.05) is 38.0 Å². The molecule has 1 aromatic rings. The maximum absolute atomic E-state index is 3.57. The molecule has 1 N–H and O–H groups in total. The van der Waals surface area contributed by atoms with E-state index in [1.807, 2.05) is 11.8 Å². The van der Waals surface area contributed by atoms with Crippen molar-refractivity contribution < 1.29 is 0 Å². The van der Waals surface area contributed by atoms with E-state index in [2.05, 4.69) is 49.8 Å². The van der Waals surface area contributed by atoms with Crippen LogP contribution in [0.25, 0.3) is 0 Å². The standard InChI is InChI=1S/C16H25NS/c1-12-7-6-8-13(11-12)16(17-2)14-9-4-5-10-15(14)18-3/h4-5,9-10,12-13,16-17H,6-8,11H2,1-3H3. The highest BCUT2D eigenvalue weighted by Gasteiger charge is 2.27. The number of benzene rings is 1. The summed E-state index contributed by atoms with van der Waals surface area (Å²) in [6, 6.07) is 9.39. The zero-order valence-corrected chi connectivity index (χ0v) is 12.6. The zero-order valence-electron chi connectivity index (χ0n) is 11.8. The molecule has 0 saturated heterocycles. The number of hydrogen-bond donors (Lipinski definition) is 1. The molecule has 0 bridgehead atoms. The second kappa shape index (κ2) is 6.63. The van der Waals surface area contributed by atoms with Gasteiger partial charge in [-0.2, -0.15) is 0 Å². The van der Waals surface area contributed by atoms with E-state index in [1.165, 1.54) is 36.1 Å². The fourth-order valence-corrected chi connectivity index (χ4v) is 4.00. The van der Waals surface area contributed by atoms with Gasteiger partial charge in [0, 0.05) is 10.9 Å². The Morgan fingerprint density at radius 1 is 1.28 bits per heavy atom. The fraction of sp³-hybridized carbons (Fsp3) is 0.625. The van der Waals surface area contributed by atoms with Crippen LogP contribution in [0.5, 0.6) is 0 Å². The van der Waals surface area contributed by atoms with Gasteiger partial charge in [-0.05, 0) is 49.6 Å². The van der Waals surface area contributed by atoms with Crippen LogP contribution in [0.4, 0.5) is 0 Å². The lowest BCUT2D eigenvalue weighted by molar-refractivity contribution is 0.228. The molecule has 0 aromatic heterocycles. The molecule has 0 aliphatic heterocycles. The predicted octanol–water partition coefficient (Wildman–Crippen LogP) is 4.50. The summed E-state index contributed by atoms with van der Waals surface area (Å²) in [5, 5.41) is 3.57. The van der Waals surface area contributed by atoms with E-state index in [9.17, 15) is 0 Å². The summed E-state index contributed by atoms with van der Waals surface area (Å²) >= 11 is 1.86. The van der Waals surface area contributed by atoms with Crippen molar-refractivity contribution >= 4 is 11.8 Å². The van der Waals surface area contributed by atoms with Crippen molar-refractivity contribution in [2.24, 2.45) is 11.8 Å². The first-order valence-corrected chi connectivity index (χ1v) is 8.29. The minimum Gasteiger partial charge on any atom is -0.313 e. The van der Waals surface area contributed by atoms with Gasteiger partial charge in [0.25, 0.3) is 0 Å². The van der Waals surface area contributed by atoms with Crippen molar-refractivity contribution in [3.8, 4) is 0 Å². The quantitative estimate of drug-likeness (QED) is 0.803. The first-order chi connectivity index (χ1) is 8.76. The summed E-state index contributed by atoms with van der Waals surface area (Å²) < 4.78 is 0. The molecule has 2 heteroatoms. The molecule has 1 nitrogen and oxygen atoms in total. The van der Waals surface area contributed by atoms with Crippen molar-refractivity contribution in [1.29, 1.82) is 0 Å². The van der Waals surface area contributed by atoms with Crippen LogP contribution in [0.2, 0.25) is 0 Å². The van der Waals surface area contributed by atoms with E-state index in [4.69, 9.17) is 0 Å². The highest BCUT2D eigenvalue weighted by molar-refractivity contribution is 7.98. The predicted molar refractivity (Wildman–Crippen MR) is 81.1 cm³/mol. The Morgan fingerprint density at radius 2 is 2.06 bits per heavy atom. The van der Waals surface area contributed by atoms with Gasteiger partial charge in [-0.15, -0.1) is 11.8 Å². The molecule has 3 atom stereocenters. The average Bonchev–Trinajstić information content (AvgIpc) is 2.40. The second-order valence-corrected chi connectivity index (χ2v) is 6.39. The SMILES string of the molecule is CNC(c1ccccc1SC)C1CCCC(C)C1. The van der Waals surface area contributed by atoms with Crippen molar-refractivity contribution in [3.63, 3.8) is 0 Å². The van der Waals surface area contributed by atoms with Crippen molar-refractivity contribution in [2.75, 3.05) is 13.3 Å². The van der Waals surface area contributed by atoms with Crippen LogP contribution >= 0.6 is 11.8 Å². The number of hydrogen-bond acceptors (Lipinski definition) is 2. The van der Waals surface area contributed by atoms with Crippen LogP contribution in [0, 0.1) is 11.8 Å². The van der Waals surface area contributed by atoms with Crippen LogP contribution in [0.1, 0.15) is 44.2 Å². The van der Waals surface area contributed by atoms with Gasteiger partial charge in [0.15, 0.2) is 0 Å². The van der Waals surface area contributed by atoms with E-state index in [-0.39, 0.29) is 0 Å². The Bertz CT molecular complexity index is 377. The topological polar surface area (TPSA) is 12.0 Å². The Labute approximate surface area is 116 Å². The first-order valence-electron chi connectivity index (χ1n) is 7.06. The first kappa shape index (κ1) is 14.0. The molecule has 0 heterocycles. The van der Waals surface area contributed by atoms with Gasteiger partial charge in [0.05, 0.1) is 0 Å². The van der Waals surface area contributed by atoms with Crippen molar-refractivity contribution in [1.82, 2.24) is 5.32 Å². The molecule has 1 saturated carbocycles. The van der Waals surface area contributed by atoms with Crippen molar-refractivity contribution in [3.05, 3.63) is 29.8 Å². The van der Waals surface area contributed by atoms with Crippen LogP contribution in [-0.4, -0.2) is 13.3 Å². The lowest BCUT2D eigenvalue weighted by Gasteiger charge is -2.34. The van der Waals surface area contributed by atoms with Crippen LogP contribution in [0.3, 0.4) is 0 Å². The van der Waals surface area contributed by atoms with Gasteiger partial charge in [-0.25, -0.2) is 0 Å². The minimum absolute atomic E-state index is 0.524. The largest absolute Gasteiger partial charge is 0.313 e. The third-order valence-electron chi connectivity index (χ3n) is 4.23. The smallest absolute Gasteiger partial charge is 0.0357 e. The lowest BCUT2D eigenvalue weighted by Crippen LogP contribution is -2.29. The molecule has 0 radical (unpaired) electrons. The Morgan fingerprint density at radius 3 is 2.72 bits per heavy atom.